The third-order valence-corrected chi connectivity index (χ3v) is 4.19. The van der Waals surface area contributed by atoms with Crippen LogP contribution in [-0.4, -0.2) is 29.1 Å². The van der Waals surface area contributed by atoms with Gasteiger partial charge in [0.2, 0.25) is 0 Å². The first-order valence-electron chi connectivity index (χ1n) is 6.74. The van der Waals surface area contributed by atoms with Crippen LogP contribution in [0.1, 0.15) is 30.4 Å². The molecule has 1 heterocycles. The molecule has 1 aromatic carbocycles. The average molecular weight is 282 g/mol. The first kappa shape index (κ1) is 14.4. The molecule has 0 bridgehead atoms. The second-order valence-electron chi connectivity index (χ2n) is 5.41. The summed E-state index contributed by atoms with van der Waals surface area (Å²) in [5.74, 6) is -0.166. The molecule has 1 unspecified atom stereocenters. The van der Waals surface area contributed by atoms with Crippen LogP contribution in [0.3, 0.4) is 0 Å². The Bertz CT molecular complexity index is 461. The molecule has 1 N–H and O–H groups in total. The predicted molar refractivity (Wildman–Crippen MR) is 76.4 cm³/mol. The monoisotopic (exact) mass is 281 g/mol. The molecule has 0 aliphatic carbocycles. The molecule has 0 saturated carbocycles. The third-order valence-electron chi connectivity index (χ3n) is 3.78. The number of rotatable bonds is 5. The van der Waals surface area contributed by atoms with Crippen molar-refractivity contribution in [3.05, 3.63) is 34.3 Å². The van der Waals surface area contributed by atoms with Gasteiger partial charge in [0.1, 0.15) is 0 Å². The Morgan fingerprint density at radius 3 is 3.00 bits per heavy atom. The van der Waals surface area contributed by atoms with Gasteiger partial charge in [-0.05, 0) is 49.4 Å². The number of carbonyl (C=O) groups is 1. The molecule has 2 rings (SSSR count). The fourth-order valence-electron chi connectivity index (χ4n) is 2.61. The van der Waals surface area contributed by atoms with Crippen LogP contribution >= 0.6 is 11.6 Å². The Morgan fingerprint density at radius 1 is 1.53 bits per heavy atom. The number of aliphatic carboxylic acids is 1. The molecule has 3 nitrogen and oxygen atoms in total. The number of halogens is 1. The van der Waals surface area contributed by atoms with Crippen molar-refractivity contribution < 1.29 is 9.90 Å². The topological polar surface area (TPSA) is 40.5 Å². The minimum absolute atomic E-state index is 0.287. The highest BCUT2D eigenvalue weighted by molar-refractivity contribution is 6.31. The maximum Gasteiger partial charge on any atom is 0.303 e. The maximum absolute atomic E-state index is 10.6. The van der Waals surface area contributed by atoms with Gasteiger partial charge >= 0.3 is 5.97 Å². The van der Waals surface area contributed by atoms with Crippen LogP contribution < -0.4 is 0 Å². The summed E-state index contributed by atoms with van der Waals surface area (Å²) >= 11 is 6.13. The molecule has 0 spiro atoms. The molecule has 19 heavy (non-hydrogen) atoms. The highest BCUT2D eigenvalue weighted by Gasteiger charge is 2.22. The molecule has 1 saturated heterocycles. The van der Waals surface area contributed by atoms with Crippen molar-refractivity contribution in [2.45, 2.75) is 32.7 Å². The minimum atomic E-state index is -0.691. The van der Waals surface area contributed by atoms with Gasteiger partial charge < -0.3 is 5.11 Å². The van der Waals surface area contributed by atoms with Gasteiger partial charge in [-0.2, -0.15) is 0 Å². The summed E-state index contributed by atoms with van der Waals surface area (Å²) in [7, 11) is 0. The van der Waals surface area contributed by atoms with E-state index < -0.39 is 5.97 Å². The van der Waals surface area contributed by atoms with Crippen LogP contribution in [0.2, 0.25) is 5.02 Å². The summed E-state index contributed by atoms with van der Waals surface area (Å²) in [6, 6.07) is 6.20. The van der Waals surface area contributed by atoms with Crippen molar-refractivity contribution in [2.75, 3.05) is 13.1 Å². The van der Waals surface area contributed by atoms with E-state index in [9.17, 15) is 4.79 Å². The van der Waals surface area contributed by atoms with Crippen LogP contribution in [0.4, 0.5) is 0 Å². The second kappa shape index (κ2) is 6.40. The minimum Gasteiger partial charge on any atom is -0.481 e. The standard InChI is InChI=1S/C15H20ClNO2/c1-11-2-3-13(8-14(11)16)10-17-7-6-12(9-17)4-5-15(18)19/h2-3,8,12H,4-7,9-10H2,1H3,(H,18,19). The van der Waals surface area contributed by atoms with E-state index in [1.807, 2.05) is 13.0 Å². The number of hydrogen-bond acceptors (Lipinski definition) is 2. The molecule has 0 aromatic heterocycles. The molecule has 1 aliphatic heterocycles. The number of carboxylic acid groups (broad SMARTS) is 1. The predicted octanol–water partition coefficient (Wildman–Crippen LogP) is 3.34. The number of nitrogens with zero attached hydrogens (tertiary/aromatic N) is 1. The molecule has 0 amide bonds. The number of benzene rings is 1. The quantitative estimate of drug-likeness (QED) is 0.900. The van der Waals surface area contributed by atoms with E-state index in [2.05, 4.69) is 17.0 Å². The third kappa shape index (κ3) is 4.22. The van der Waals surface area contributed by atoms with Gasteiger partial charge in [-0.15, -0.1) is 0 Å². The Kier molecular flexibility index (Phi) is 4.83. The van der Waals surface area contributed by atoms with Crippen molar-refractivity contribution in [1.29, 1.82) is 0 Å². The first-order valence-corrected chi connectivity index (χ1v) is 7.11. The summed E-state index contributed by atoms with van der Waals surface area (Å²) in [4.78, 5) is 13.0. The smallest absolute Gasteiger partial charge is 0.303 e. The summed E-state index contributed by atoms with van der Waals surface area (Å²) in [6.07, 6.45) is 2.18. The fourth-order valence-corrected chi connectivity index (χ4v) is 2.82. The lowest BCUT2D eigenvalue weighted by molar-refractivity contribution is -0.137. The molecular weight excluding hydrogens is 262 g/mol. The molecule has 4 heteroatoms. The highest BCUT2D eigenvalue weighted by Crippen LogP contribution is 2.24. The lowest BCUT2D eigenvalue weighted by Crippen LogP contribution is -2.20. The van der Waals surface area contributed by atoms with Crippen LogP contribution in [0.15, 0.2) is 18.2 Å². The lowest BCUT2D eigenvalue weighted by atomic mass is 10.0. The molecule has 1 aromatic rings. The molecule has 1 fully saturated rings. The molecule has 104 valence electrons. The fraction of sp³-hybridized carbons (Fsp3) is 0.533. The number of carboxylic acids is 1. The number of likely N-dealkylation sites (tertiary alicyclic amines) is 1. The zero-order valence-corrected chi connectivity index (χ0v) is 12.0. The van der Waals surface area contributed by atoms with Crippen molar-refractivity contribution in [2.24, 2.45) is 5.92 Å². The van der Waals surface area contributed by atoms with E-state index in [1.165, 1.54) is 5.56 Å². The van der Waals surface area contributed by atoms with Crippen molar-refractivity contribution in [3.63, 3.8) is 0 Å². The van der Waals surface area contributed by atoms with Crippen molar-refractivity contribution in [1.82, 2.24) is 4.90 Å². The second-order valence-corrected chi connectivity index (χ2v) is 5.81. The van der Waals surface area contributed by atoms with Crippen molar-refractivity contribution in [3.8, 4) is 0 Å². The molecule has 1 atom stereocenters. The lowest BCUT2D eigenvalue weighted by Gasteiger charge is -2.16. The van der Waals surface area contributed by atoms with Crippen LogP contribution in [-0.2, 0) is 11.3 Å². The van der Waals surface area contributed by atoms with Gasteiger partial charge in [-0.25, -0.2) is 0 Å². The largest absolute Gasteiger partial charge is 0.481 e. The summed E-state index contributed by atoms with van der Waals surface area (Å²) < 4.78 is 0. The van der Waals surface area contributed by atoms with Crippen LogP contribution in [0, 0.1) is 12.8 Å². The summed E-state index contributed by atoms with van der Waals surface area (Å²) in [5.41, 5.74) is 2.33. The van der Waals surface area contributed by atoms with E-state index in [1.54, 1.807) is 0 Å². The van der Waals surface area contributed by atoms with E-state index >= 15 is 0 Å². The van der Waals surface area contributed by atoms with Gasteiger partial charge in [0.05, 0.1) is 0 Å². The molecular formula is C15H20ClNO2. The van der Waals surface area contributed by atoms with Gasteiger partial charge in [0.25, 0.3) is 0 Å². The van der Waals surface area contributed by atoms with Gasteiger partial charge in [-0.1, -0.05) is 23.7 Å². The average Bonchev–Trinajstić information content (AvgIpc) is 2.79. The normalized spacial score (nSPS) is 19.8. The Labute approximate surface area is 119 Å². The SMILES string of the molecule is Cc1ccc(CN2CCC(CCC(=O)O)C2)cc1Cl. The van der Waals surface area contributed by atoms with E-state index in [0.29, 0.717) is 5.92 Å². The first-order chi connectivity index (χ1) is 9.04. The Hall–Kier alpha value is -1.06. The van der Waals surface area contributed by atoms with Gasteiger partial charge in [0.15, 0.2) is 0 Å². The molecule has 1 aliphatic rings. The number of hydrogen-bond donors (Lipinski definition) is 1. The van der Waals surface area contributed by atoms with E-state index in [0.717, 1.165) is 43.1 Å². The van der Waals surface area contributed by atoms with E-state index in [4.69, 9.17) is 16.7 Å². The Morgan fingerprint density at radius 2 is 2.32 bits per heavy atom. The van der Waals surface area contributed by atoms with Crippen LogP contribution in [0.25, 0.3) is 0 Å². The Balaban J connectivity index is 1.84. The van der Waals surface area contributed by atoms with Crippen LogP contribution in [0.5, 0.6) is 0 Å². The highest BCUT2D eigenvalue weighted by atomic mass is 35.5. The van der Waals surface area contributed by atoms with Crippen molar-refractivity contribution >= 4 is 17.6 Å². The van der Waals surface area contributed by atoms with Gasteiger partial charge in [-0.3, -0.25) is 9.69 Å². The zero-order valence-electron chi connectivity index (χ0n) is 11.2. The van der Waals surface area contributed by atoms with E-state index in [-0.39, 0.29) is 6.42 Å². The zero-order chi connectivity index (χ0) is 13.8. The molecule has 0 radical (unpaired) electrons. The summed E-state index contributed by atoms with van der Waals surface area (Å²) in [5, 5.41) is 9.52. The van der Waals surface area contributed by atoms with Gasteiger partial charge in [0, 0.05) is 24.5 Å². The number of aryl methyl sites for hydroxylation is 1. The maximum atomic E-state index is 10.6. The summed E-state index contributed by atoms with van der Waals surface area (Å²) in [6.45, 7) is 4.96.